The first-order valence-electron chi connectivity index (χ1n) is 9.18. The molecule has 0 saturated heterocycles. The van der Waals surface area contributed by atoms with Crippen molar-refractivity contribution in [2.45, 2.75) is 33.4 Å². The van der Waals surface area contributed by atoms with Gasteiger partial charge in [-0.05, 0) is 39.0 Å². The molecule has 2 rings (SSSR count). The summed E-state index contributed by atoms with van der Waals surface area (Å²) in [6, 6.07) is 1.92. The molecule has 0 saturated carbocycles. The summed E-state index contributed by atoms with van der Waals surface area (Å²) in [7, 11) is 1.92. The second-order valence-corrected chi connectivity index (χ2v) is 6.18. The first-order valence-corrected chi connectivity index (χ1v) is 9.18. The zero-order valence-electron chi connectivity index (χ0n) is 17.0. The number of aryl methyl sites for hydroxylation is 2. The zero-order valence-corrected chi connectivity index (χ0v) is 17.0. The third-order valence-corrected chi connectivity index (χ3v) is 4.02. The lowest BCUT2D eigenvalue weighted by molar-refractivity contribution is -0.192. The van der Waals surface area contributed by atoms with E-state index in [1.165, 1.54) is 0 Å². The van der Waals surface area contributed by atoms with E-state index in [0.29, 0.717) is 5.95 Å². The van der Waals surface area contributed by atoms with Crippen molar-refractivity contribution in [1.82, 2.24) is 24.6 Å². The van der Waals surface area contributed by atoms with Gasteiger partial charge in [0.05, 0.1) is 11.4 Å². The molecule has 2 heterocycles. The smallest absolute Gasteiger partial charge is 0.475 e. The Labute approximate surface area is 167 Å². The molecular weight excluding hydrogens is 389 g/mol. The van der Waals surface area contributed by atoms with E-state index in [1.54, 1.807) is 6.20 Å². The van der Waals surface area contributed by atoms with Gasteiger partial charge >= 0.3 is 12.1 Å². The lowest BCUT2D eigenvalue weighted by Gasteiger charge is -2.17. The molecule has 0 aromatic carbocycles. The van der Waals surface area contributed by atoms with E-state index in [9.17, 15) is 13.2 Å². The van der Waals surface area contributed by atoms with Crippen LogP contribution in [0.15, 0.2) is 18.5 Å². The molecule has 8 nitrogen and oxygen atoms in total. The number of halogens is 3. The highest BCUT2D eigenvalue weighted by molar-refractivity contribution is 5.73. The Morgan fingerprint density at radius 1 is 1.31 bits per heavy atom. The molecule has 0 radical (unpaired) electrons. The number of carboxylic acids is 1. The Bertz CT molecular complexity index is 775. The molecule has 2 N–H and O–H groups in total. The predicted molar refractivity (Wildman–Crippen MR) is 104 cm³/mol. The van der Waals surface area contributed by atoms with E-state index in [-0.39, 0.29) is 0 Å². The number of anilines is 1. The number of hydrogen-bond acceptors (Lipinski definition) is 6. The fourth-order valence-corrected chi connectivity index (χ4v) is 2.49. The standard InChI is InChI=1S/C16H26N6.C2HF3O2/c1-5-22(6-2)11-7-9-17-16-18-10-8-15(19-16)14-12-21(4)20-13(14)3;3-2(4,5)1(6)7/h8,10,12H,5-7,9,11H2,1-4H3,(H,17,18,19);(H,6,7). The van der Waals surface area contributed by atoms with Gasteiger partial charge in [0.1, 0.15) is 0 Å². The number of rotatable bonds is 8. The fourth-order valence-electron chi connectivity index (χ4n) is 2.49. The minimum atomic E-state index is -5.08. The number of carbonyl (C=O) groups is 1. The van der Waals surface area contributed by atoms with Crippen LogP contribution in [-0.4, -0.2) is 68.1 Å². The Balaban J connectivity index is 0.000000516. The summed E-state index contributed by atoms with van der Waals surface area (Å²) in [4.78, 5) is 20.2. The van der Waals surface area contributed by atoms with Crippen LogP contribution in [0.1, 0.15) is 26.0 Å². The van der Waals surface area contributed by atoms with Gasteiger partial charge in [-0.15, -0.1) is 0 Å². The maximum atomic E-state index is 10.6. The van der Waals surface area contributed by atoms with Crippen LogP contribution in [0.3, 0.4) is 0 Å². The van der Waals surface area contributed by atoms with Crippen molar-refractivity contribution in [1.29, 1.82) is 0 Å². The molecule has 0 spiro atoms. The molecule has 2 aromatic heterocycles. The Kier molecular flexibility index (Phi) is 9.53. The molecule has 0 aliphatic heterocycles. The van der Waals surface area contributed by atoms with Gasteiger partial charge in [-0.2, -0.15) is 18.3 Å². The number of hydrogen-bond donors (Lipinski definition) is 2. The van der Waals surface area contributed by atoms with E-state index in [2.05, 4.69) is 39.1 Å². The molecule has 11 heteroatoms. The van der Waals surface area contributed by atoms with Gasteiger partial charge in [-0.1, -0.05) is 13.8 Å². The largest absolute Gasteiger partial charge is 0.490 e. The van der Waals surface area contributed by atoms with Crippen molar-refractivity contribution in [3.63, 3.8) is 0 Å². The number of carboxylic acid groups (broad SMARTS) is 1. The van der Waals surface area contributed by atoms with Crippen molar-refractivity contribution in [3.05, 3.63) is 24.2 Å². The summed E-state index contributed by atoms with van der Waals surface area (Å²) in [5.41, 5.74) is 2.94. The molecule has 162 valence electrons. The molecule has 0 unspecified atom stereocenters. The molecule has 0 amide bonds. The van der Waals surface area contributed by atoms with Gasteiger partial charge < -0.3 is 15.3 Å². The first-order chi connectivity index (χ1) is 13.6. The highest BCUT2D eigenvalue weighted by atomic mass is 19.4. The van der Waals surface area contributed by atoms with Crippen LogP contribution in [-0.2, 0) is 11.8 Å². The number of alkyl halides is 3. The van der Waals surface area contributed by atoms with Crippen LogP contribution in [0.4, 0.5) is 19.1 Å². The second-order valence-electron chi connectivity index (χ2n) is 6.18. The van der Waals surface area contributed by atoms with Crippen molar-refractivity contribution in [2.24, 2.45) is 7.05 Å². The van der Waals surface area contributed by atoms with Crippen LogP contribution in [0.2, 0.25) is 0 Å². The van der Waals surface area contributed by atoms with Crippen LogP contribution in [0.5, 0.6) is 0 Å². The molecule has 2 aromatic rings. The van der Waals surface area contributed by atoms with Crippen molar-refractivity contribution >= 4 is 11.9 Å². The highest BCUT2D eigenvalue weighted by Gasteiger charge is 2.38. The molecular formula is C18H27F3N6O2. The van der Waals surface area contributed by atoms with E-state index >= 15 is 0 Å². The number of aromatic nitrogens is 4. The Morgan fingerprint density at radius 2 is 1.93 bits per heavy atom. The molecule has 0 aliphatic rings. The molecule has 29 heavy (non-hydrogen) atoms. The summed E-state index contributed by atoms with van der Waals surface area (Å²) >= 11 is 0. The maximum absolute atomic E-state index is 10.6. The van der Waals surface area contributed by atoms with Gasteiger partial charge in [0.25, 0.3) is 0 Å². The number of aliphatic carboxylic acids is 1. The topological polar surface area (TPSA) is 96.2 Å². The van der Waals surface area contributed by atoms with Crippen LogP contribution >= 0.6 is 0 Å². The van der Waals surface area contributed by atoms with E-state index in [0.717, 1.165) is 49.6 Å². The molecule has 0 bridgehead atoms. The SMILES string of the molecule is CCN(CC)CCCNc1nccc(-c2cn(C)nc2C)n1.O=C(O)C(F)(F)F. The van der Waals surface area contributed by atoms with Gasteiger partial charge in [-0.3, -0.25) is 4.68 Å². The van der Waals surface area contributed by atoms with Crippen molar-refractivity contribution in [3.8, 4) is 11.3 Å². The fraction of sp³-hybridized carbons (Fsp3) is 0.556. The minimum Gasteiger partial charge on any atom is -0.475 e. The van der Waals surface area contributed by atoms with Gasteiger partial charge in [0, 0.05) is 31.5 Å². The number of nitrogens with zero attached hydrogens (tertiary/aromatic N) is 5. The van der Waals surface area contributed by atoms with Crippen molar-refractivity contribution < 1.29 is 23.1 Å². The lowest BCUT2D eigenvalue weighted by atomic mass is 10.2. The van der Waals surface area contributed by atoms with Crippen molar-refractivity contribution in [2.75, 3.05) is 31.5 Å². The van der Waals surface area contributed by atoms with Gasteiger partial charge in [0.2, 0.25) is 5.95 Å². The van der Waals surface area contributed by atoms with Gasteiger partial charge in [0.15, 0.2) is 0 Å². The number of nitrogens with one attached hydrogen (secondary N) is 1. The average Bonchev–Trinajstić information content (AvgIpc) is 3.00. The molecule has 0 aliphatic carbocycles. The van der Waals surface area contributed by atoms with Crippen LogP contribution in [0, 0.1) is 6.92 Å². The van der Waals surface area contributed by atoms with E-state index in [4.69, 9.17) is 9.90 Å². The monoisotopic (exact) mass is 416 g/mol. The van der Waals surface area contributed by atoms with Crippen LogP contribution in [0.25, 0.3) is 11.3 Å². The summed E-state index contributed by atoms with van der Waals surface area (Å²) in [5, 5.41) is 14.8. The lowest BCUT2D eigenvalue weighted by Crippen LogP contribution is -2.25. The normalized spacial score (nSPS) is 11.2. The predicted octanol–water partition coefficient (Wildman–Crippen LogP) is 2.96. The maximum Gasteiger partial charge on any atom is 0.490 e. The Morgan fingerprint density at radius 3 is 2.41 bits per heavy atom. The van der Waals surface area contributed by atoms with E-state index in [1.807, 2.05) is 30.9 Å². The summed E-state index contributed by atoms with van der Waals surface area (Å²) in [6.07, 6.45) is -0.218. The van der Waals surface area contributed by atoms with Crippen LogP contribution < -0.4 is 5.32 Å². The summed E-state index contributed by atoms with van der Waals surface area (Å²) in [5.74, 6) is -2.08. The highest BCUT2D eigenvalue weighted by Crippen LogP contribution is 2.20. The molecule has 0 fully saturated rings. The quantitative estimate of drug-likeness (QED) is 0.639. The summed E-state index contributed by atoms with van der Waals surface area (Å²) < 4.78 is 33.5. The molecule has 0 atom stereocenters. The Hall–Kier alpha value is -2.69. The third-order valence-electron chi connectivity index (χ3n) is 4.02. The zero-order chi connectivity index (χ0) is 22.0. The van der Waals surface area contributed by atoms with E-state index < -0.39 is 12.1 Å². The third kappa shape index (κ3) is 8.46. The van der Waals surface area contributed by atoms with Gasteiger partial charge in [-0.25, -0.2) is 14.8 Å². The second kappa shape index (κ2) is 11.3. The summed E-state index contributed by atoms with van der Waals surface area (Å²) in [6.45, 7) is 10.6. The average molecular weight is 416 g/mol. The first kappa shape index (κ1) is 24.3. The minimum absolute atomic E-state index is 0.681.